The van der Waals surface area contributed by atoms with E-state index in [1.165, 1.54) is 0 Å². The lowest BCUT2D eigenvalue weighted by Crippen LogP contribution is -2.41. The van der Waals surface area contributed by atoms with Gasteiger partial charge in [0, 0.05) is 37.3 Å². The molecule has 20 heavy (non-hydrogen) atoms. The van der Waals surface area contributed by atoms with Crippen molar-refractivity contribution in [1.29, 1.82) is 0 Å². The molecule has 1 rings (SSSR count). The van der Waals surface area contributed by atoms with Crippen LogP contribution in [-0.2, 0) is 11.3 Å². The number of aromatic nitrogens is 2. The second-order valence-electron chi connectivity index (χ2n) is 6.27. The van der Waals surface area contributed by atoms with Crippen molar-refractivity contribution in [1.82, 2.24) is 20.4 Å². The molecule has 1 heterocycles. The van der Waals surface area contributed by atoms with Crippen LogP contribution in [0.5, 0.6) is 0 Å². The average molecular weight is 280 g/mol. The van der Waals surface area contributed by atoms with Crippen LogP contribution in [-0.4, -0.2) is 27.8 Å². The summed E-state index contributed by atoms with van der Waals surface area (Å²) in [5.74, 6) is 0.0788. The van der Waals surface area contributed by atoms with Crippen LogP contribution in [0.2, 0.25) is 0 Å². The molecular formula is C15H28N4O. The van der Waals surface area contributed by atoms with Crippen LogP contribution in [0.3, 0.4) is 0 Å². The minimum absolute atomic E-state index is 0.0788. The zero-order valence-corrected chi connectivity index (χ0v) is 13.4. The van der Waals surface area contributed by atoms with Crippen molar-refractivity contribution in [3.05, 3.63) is 18.0 Å². The van der Waals surface area contributed by atoms with E-state index in [0.717, 1.165) is 12.1 Å². The van der Waals surface area contributed by atoms with E-state index >= 15 is 0 Å². The topological polar surface area (TPSA) is 59.0 Å². The Balaban J connectivity index is 2.24. The number of carbonyl (C=O) groups excluding carboxylic acids is 1. The predicted octanol–water partition coefficient (Wildman–Crippen LogP) is 2.25. The van der Waals surface area contributed by atoms with Gasteiger partial charge >= 0.3 is 0 Å². The summed E-state index contributed by atoms with van der Waals surface area (Å²) >= 11 is 0. The quantitative estimate of drug-likeness (QED) is 0.753. The Hall–Kier alpha value is -1.36. The van der Waals surface area contributed by atoms with Crippen molar-refractivity contribution in [2.45, 2.75) is 65.6 Å². The molecule has 0 aliphatic heterocycles. The Morgan fingerprint density at radius 2 is 2.15 bits per heavy atom. The molecule has 0 aliphatic carbocycles. The smallest absolute Gasteiger partial charge is 0.221 e. The molecule has 0 fully saturated rings. The lowest BCUT2D eigenvalue weighted by atomic mass is 10.1. The number of hydrogen-bond donors (Lipinski definition) is 2. The number of hydrogen-bond acceptors (Lipinski definition) is 3. The number of rotatable bonds is 7. The fourth-order valence-electron chi connectivity index (χ4n) is 1.80. The minimum atomic E-state index is -0.161. The van der Waals surface area contributed by atoms with Gasteiger partial charge in [-0.1, -0.05) is 6.92 Å². The summed E-state index contributed by atoms with van der Waals surface area (Å²) in [6.07, 6.45) is 3.57. The van der Waals surface area contributed by atoms with Crippen molar-refractivity contribution >= 4 is 5.91 Å². The highest BCUT2D eigenvalue weighted by molar-refractivity contribution is 5.76. The van der Waals surface area contributed by atoms with Crippen LogP contribution in [0.15, 0.2) is 12.3 Å². The van der Waals surface area contributed by atoms with Gasteiger partial charge in [0.2, 0.25) is 5.91 Å². The summed E-state index contributed by atoms with van der Waals surface area (Å²) in [6, 6.07) is 2.45. The third-order valence-electron chi connectivity index (χ3n) is 3.06. The molecule has 0 aromatic carbocycles. The fraction of sp³-hybridized carbons (Fsp3) is 0.733. The van der Waals surface area contributed by atoms with Crippen LogP contribution in [0.25, 0.3) is 0 Å². The Labute approximate surface area is 122 Å². The molecule has 5 heteroatoms. The molecule has 1 aromatic heterocycles. The Kier molecular flexibility index (Phi) is 6.20. The molecule has 0 saturated carbocycles. The maximum Gasteiger partial charge on any atom is 0.221 e. The molecular weight excluding hydrogens is 252 g/mol. The first-order chi connectivity index (χ1) is 9.31. The maximum atomic E-state index is 11.6. The number of nitrogens with one attached hydrogen (secondary N) is 2. The Morgan fingerprint density at radius 1 is 1.45 bits per heavy atom. The molecule has 0 saturated heterocycles. The fourth-order valence-corrected chi connectivity index (χ4v) is 1.80. The third kappa shape index (κ3) is 6.19. The van der Waals surface area contributed by atoms with E-state index in [1.54, 1.807) is 0 Å². The lowest BCUT2D eigenvalue weighted by molar-refractivity contribution is -0.122. The van der Waals surface area contributed by atoms with E-state index in [-0.39, 0.29) is 11.4 Å². The highest BCUT2D eigenvalue weighted by atomic mass is 16.1. The molecule has 0 bridgehead atoms. The van der Waals surface area contributed by atoms with Gasteiger partial charge in [-0.15, -0.1) is 0 Å². The van der Waals surface area contributed by atoms with Gasteiger partial charge in [0.15, 0.2) is 0 Å². The third-order valence-corrected chi connectivity index (χ3v) is 3.06. The zero-order chi connectivity index (χ0) is 15.2. The first kappa shape index (κ1) is 16.7. The van der Waals surface area contributed by atoms with E-state index in [2.05, 4.69) is 29.6 Å². The number of nitrogens with zero attached hydrogens (tertiary/aromatic N) is 2. The molecule has 1 amide bonds. The van der Waals surface area contributed by atoms with Gasteiger partial charge in [-0.25, -0.2) is 0 Å². The summed E-state index contributed by atoms with van der Waals surface area (Å²) in [5.41, 5.74) is 0.855. The SMILES string of the molecule is CCC(C)n1ccc(CNCCC(=O)NC(C)(C)C)n1. The summed E-state index contributed by atoms with van der Waals surface area (Å²) in [5, 5.41) is 10.7. The standard InChI is InChI=1S/C15H28N4O/c1-6-12(2)19-10-8-13(18-19)11-16-9-7-14(20)17-15(3,4)5/h8,10,12,16H,6-7,9,11H2,1-5H3,(H,17,20). The van der Waals surface area contributed by atoms with Crippen LogP contribution in [0.4, 0.5) is 0 Å². The van der Waals surface area contributed by atoms with Crippen LogP contribution in [0, 0.1) is 0 Å². The van der Waals surface area contributed by atoms with Crippen molar-refractivity contribution in [3.8, 4) is 0 Å². The van der Waals surface area contributed by atoms with Gasteiger partial charge in [0.05, 0.1) is 5.69 Å². The van der Waals surface area contributed by atoms with E-state index in [1.807, 2.05) is 37.7 Å². The van der Waals surface area contributed by atoms with Gasteiger partial charge in [0.25, 0.3) is 0 Å². The highest BCUT2D eigenvalue weighted by Crippen LogP contribution is 2.08. The van der Waals surface area contributed by atoms with E-state index in [9.17, 15) is 4.79 Å². The molecule has 1 aromatic rings. The van der Waals surface area contributed by atoms with Crippen LogP contribution in [0.1, 0.15) is 59.2 Å². The predicted molar refractivity (Wildman–Crippen MR) is 81.4 cm³/mol. The summed E-state index contributed by atoms with van der Waals surface area (Å²) in [6.45, 7) is 11.6. The van der Waals surface area contributed by atoms with Gasteiger partial charge < -0.3 is 10.6 Å². The van der Waals surface area contributed by atoms with Crippen molar-refractivity contribution in [2.75, 3.05) is 6.54 Å². The molecule has 2 N–H and O–H groups in total. The van der Waals surface area contributed by atoms with Gasteiger partial charge in [-0.3, -0.25) is 9.48 Å². The van der Waals surface area contributed by atoms with Crippen molar-refractivity contribution in [3.63, 3.8) is 0 Å². The van der Waals surface area contributed by atoms with E-state index in [0.29, 0.717) is 25.6 Å². The monoisotopic (exact) mass is 280 g/mol. The van der Waals surface area contributed by atoms with Gasteiger partial charge in [-0.2, -0.15) is 5.10 Å². The summed E-state index contributed by atoms with van der Waals surface area (Å²) < 4.78 is 1.99. The molecule has 0 radical (unpaired) electrons. The summed E-state index contributed by atoms with van der Waals surface area (Å²) in [4.78, 5) is 11.6. The second-order valence-corrected chi connectivity index (χ2v) is 6.27. The normalized spacial score (nSPS) is 13.2. The molecule has 114 valence electrons. The van der Waals surface area contributed by atoms with Gasteiger partial charge in [0.1, 0.15) is 0 Å². The van der Waals surface area contributed by atoms with Crippen LogP contribution < -0.4 is 10.6 Å². The first-order valence-corrected chi connectivity index (χ1v) is 7.37. The van der Waals surface area contributed by atoms with E-state index in [4.69, 9.17) is 0 Å². The number of carbonyl (C=O) groups is 1. The molecule has 0 spiro atoms. The summed E-state index contributed by atoms with van der Waals surface area (Å²) in [7, 11) is 0. The largest absolute Gasteiger partial charge is 0.351 e. The zero-order valence-electron chi connectivity index (χ0n) is 13.4. The Morgan fingerprint density at radius 3 is 2.75 bits per heavy atom. The van der Waals surface area contributed by atoms with Crippen molar-refractivity contribution in [2.24, 2.45) is 0 Å². The second kappa shape index (κ2) is 7.43. The maximum absolute atomic E-state index is 11.6. The number of amides is 1. The highest BCUT2D eigenvalue weighted by Gasteiger charge is 2.12. The average Bonchev–Trinajstić information content (AvgIpc) is 2.80. The molecule has 0 aliphatic rings. The van der Waals surface area contributed by atoms with Gasteiger partial charge in [-0.05, 0) is 40.2 Å². The molecule has 5 nitrogen and oxygen atoms in total. The van der Waals surface area contributed by atoms with Crippen molar-refractivity contribution < 1.29 is 4.79 Å². The first-order valence-electron chi connectivity index (χ1n) is 7.37. The molecule has 1 atom stereocenters. The van der Waals surface area contributed by atoms with E-state index < -0.39 is 0 Å². The minimum Gasteiger partial charge on any atom is -0.351 e. The van der Waals surface area contributed by atoms with Crippen LogP contribution >= 0.6 is 0 Å². The molecule has 1 unspecified atom stereocenters. The lowest BCUT2D eigenvalue weighted by Gasteiger charge is -2.20. The Bertz CT molecular complexity index is 420.